The maximum Gasteiger partial charge on any atom is 0.223 e. The first-order valence-corrected chi connectivity index (χ1v) is 6.02. The van der Waals surface area contributed by atoms with Crippen molar-refractivity contribution in [3.8, 4) is 0 Å². The summed E-state index contributed by atoms with van der Waals surface area (Å²) in [6.45, 7) is 5.25. The SMILES string of the molecule is CC(C)CNC(=O)C1CCC(CO)CC1. The minimum absolute atomic E-state index is 0.187. The van der Waals surface area contributed by atoms with Gasteiger partial charge in [-0.15, -0.1) is 0 Å². The van der Waals surface area contributed by atoms with E-state index in [1.807, 2.05) is 0 Å². The third kappa shape index (κ3) is 4.20. The molecule has 0 spiro atoms. The lowest BCUT2D eigenvalue weighted by molar-refractivity contribution is -0.126. The Morgan fingerprint density at radius 3 is 2.40 bits per heavy atom. The first-order chi connectivity index (χ1) is 7.13. The summed E-state index contributed by atoms with van der Waals surface area (Å²) >= 11 is 0. The van der Waals surface area contributed by atoms with Gasteiger partial charge in [0, 0.05) is 19.1 Å². The number of aliphatic hydroxyl groups excluding tert-OH is 1. The van der Waals surface area contributed by atoms with E-state index in [1.165, 1.54) is 0 Å². The van der Waals surface area contributed by atoms with Crippen molar-refractivity contribution < 1.29 is 9.90 Å². The fourth-order valence-electron chi connectivity index (χ4n) is 2.06. The maximum absolute atomic E-state index is 11.7. The standard InChI is InChI=1S/C12H23NO2/c1-9(2)7-13-12(15)11-5-3-10(8-14)4-6-11/h9-11,14H,3-8H2,1-2H3,(H,13,15). The van der Waals surface area contributed by atoms with Crippen LogP contribution in [0.5, 0.6) is 0 Å². The Morgan fingerprint density at radius 1 is 1.33 bits per heavy atom. The van der Waals surface area contributed by atoms with Gasteiger partial charge in [0.2, 0.25) is 5.91 Å². The van der Waals surface area contributed by atoms with Crippen molar-refractivity contribution in [2.75, 3.05) is 13.2 Å². The van der Waals surface area contributed by atoms with E-state index >= 15 is 0 Å². The highest BCUT2D eigenvalue weighted by atomic mass is 16.3. The van der Waals surface area contributed by atoms with Crippen molar-refractivity contribution >= 4 is 5.91 Å². The number of carbonyl (C=O) groups is 1. The van der Waals surface area contributed by atoms with Crippen molar-refractivity contribution in [3.05, 3.63) is 0 Å². The van der Waals surface area contributed by atoms with Crippen LogP contribution in [0.25, 0.3) is 0 Å². The number of nitrogens with one attached hydrogen (secondary N) is 1. The quantitative estimate of drug-likeness (QED) is 0.744. The molecular weight excluding hydrogens is 190 g/mol. The van der Waals surface area contributed by atoms with Crippen LogP contribution in [0.4, 0.5) is 0 Å². The maximum atomic E-state index is 11.7. The molecule has 0 saturated heterocycles. The zero-order chi connectivity index (χ0) is 11.3. The van der Waals surface area contributed by atoms with Gasteiger partial charge in [0.05, 0.1) is 0 Å². The van der Waals surface area contributed by atoms with Crippen LogP contribution >= 0.6 is 0 Å². The van der Waals surface area contributed by atoms with Crippen LogP contribution in [0.3, 0.4) is 0 Å². The van der Waals surface area contributed by atoms with Gasteiger partial charge in [0.1, 0.15) is 0 Å². The summed E-state index contributed by atoms with van der Waals surface area (Å²) in [6.07, 6.45) is 3.87. The Kier molecular flexibility index (Phi) is 5.09. The molecule has 0 aromatic carbocycles. The zero-order valence-corrected chi connectivity index (χ0v) is 9.83. The number of rotatable bonds is 4. The van der Waals surface area contributed by atoms with Crippen LogP contribution in [0.2, 0.25) is 0 Å². The van der Waals surface area contributed by atoms with Crippen LogP contribution in [-0.4, -0.2) is 24.2 Å². The number of carbonyl (C=O) groups excluding carboxylic acids is 1. The van der Waals surface area contributed by atoms with E-state index in [4.69, 9.17) is 5.11 Å². The third-order valence-electron chi connectivity index (χ3n) is 3.16. The second kappa shape index (κ2) is 6.11. The first kappa shape index (κ1) is 12.5. The van der Waals surface area contributed by atoms with E-state index in [2.05, 4.69) is 19.2 Å². The van der Waals surface area contributed by atoms with E-state index in [0.717, 1.165) is 32.2 Å². The molecule has 3 heteroatoms. The van der Waals surface area contributed by atoms with Gasteiger partial charge in [-0.3, -0.25) is 4.79 Å². The molecule has 0 atom stereocenters. The molecule has 15 heavy (non-hydrogen) atoms. The van der Waals surface area contributed by atoms with Crippen molar-refractivity contribution in [3.63, 3.8) is 0 Å². The van der Waals surface area contributed by atoms with E-state index in [9.17, 15) is 4.79 Å². The summed E-state index contributed by atoms with van der Waals surface area (Å²) in [6, 6.07) is 0. The summed E-state index contributed by atoms with van der Waals surface area (Å²) in [4.78, 5) is 11.7. The predicted molar refractivity (Wildman–Crippen MR) is 60.4 cm³/mol. The van der Waals surface area contributed by atoms with Gasteiger partial charge in [-0.1, -0.05) is 13.8 Å². The van der Waals surface area contributed by atoms with Gasteiger partial charge in [-0.05, 0) is 37.5 Å². The number of hydrogen-bond acceptors (Lipinski definition) is 2. The van der Waals surface area contributed by atoms with E-state index in [1.54, 1.807) is 0 Å². The molecule has 0 aromatic heterocycles. The molecule has 1 saturated carbocycles. The normalized spacial score (nSPS) is 26.7. The Morgan fingerprint density at radius 2 is 1.93 bits per heavy atom. The topological polar surface area (TPSA) is 49.3 Å². The number of aliphatic hydroxyl groups is 1. The van der Waals surface area contributed by atoms with Crippen LogP contribution in [0.15, 0.2) is 0 Å². The summed E-state index contributed by atoms with van der Waals surface area (Å²) < 4.78 is 0. The van der Waals surface area contributed by atoms with Crippen LogP contribution < -0.4 is 5.32 Å². The lowest BCUT2D eigenvalue weighted by atomic mass is 9.82. The molecule has 1 fully saturated rings. The molecule has 0 unspecified atom stereocenters. The Labute approximate surface area is 92.3 Å². The van der Waals surface area contributed by atoms with Gasteiger partial charge >= 0.3 is 0 Å². The molecule has 0 bridgehead atoms. The van der Waals surface area contributed by atoms with Crippen LogP contribution in [0.1, 0.15) is 39.5 Å². The van der Waals surface area contributed by atoms with E-state index < -0.39 is 0 Å². The fourth-order valence-corrected chi connectivity index (χ4v) is 2.06. The third-order valence-corrected chi connectivity index (χ3v) is 3.16. The minimum Gasteiger partial charge on any atom is -0.396 e. The van der Waals surface area contributed by atoms with Crippen molar-refractivity contribution in [2.24, 2.45) is 17.8 Å². The average Bonchev–Trinajstić information content (AvgIpc) is 2.26. The lowest BCUT2D eigenvalue weighted by Gasteiger charge is -2.26. The highest BCUT2D eigenvalue weighted by Gasteiger charge is 2.25. The summed E-state index contributed by atoms with van der Waals surface area (Å²) in [5.74, 6) is 1.34. The molecule has 0 radical (unpaired) electrons. The Balaban J connectivity index is 2.24. The summed E-state index contributed by atoms with van der Waals surface area (Å²) in [5, 5.41) is 12.0. The largest absolute Gasteiger partial charge is 0.396 e. The lowest BCUT2D eigenvalue weighted by Crippen LogP contribution is -2.35. The molecule has 0 aliphatic heterocycles. The zero-order valence-electron chi connectivity index (χ0n) is 9.83. The van der Waals surface area contributed by atoms with Crippen molar-refractivity contribution in [2.45, 2.75) is 39.5 Å². The summed E-state index contributed by atoms with van der Waals surface area (Å²) in [7, 11) is 0. The summed E-state index contributed by atoms with van der Waals surface area (Å²) in [5.41, 5.74) is 0. The number of hydrogen-bond donors (Lipinski definition) is 2. The average molecular weight is 213 g/mol. The van der Waals surface area contributed by atoms with E-state index in [-0.39, 0.29) is 18.4 Å². The van der Waals surface area contributed by atoms with E-state index in [0.29, 0.717) is 11.8 Å². The van der Waals surface area contributed by atoms with Crippen LogP contribution in [0, 0.1) is 17.8 Å². The second-order valence-electron chi connectivity index (χ2n) is 5.04. The highest BCUT2D eigenvalue weighted by molar-refractivity contribution is 5.78. The minimum atomic E-state index is 0.187. The Bertz CT molecular complexity index is 196. The van der Waals surface area contributed by atoms with Gasteiger partial charge in [-0.25, -0.2) is 0 Å². The van der Waals surface area contributed by atoms with Gasteiger partial charge in [0.15, 0.2) is 0 Å². The first-order valence-electron chi connectivity index (χ1n) is 6.02. The molecule has 88 valence electrons. The molecule has 3 nitrogen and oxygen atoms in total. The van der Waals surface area contributed by atoms with Gasteiger partial charge in [-0.2, -0.15) is 0 Å². The predicted octanol–water partition coefficient (Wildman–Crippen LogP) is 1.56. The van der Waals surface area contributed by atoms with Gasteiger partial charge in [0.25, 0.3) is 0 Å². The molecular formula is C12H23NO2. The number of amides is 1. The van der Waals surface area contributed by atoms with Crippen LogP contribution in [-0.2, 0) is 4.79 Å². The molecule has 1 aliphatic carbocycles. The monoisotopic (exact) mass is 213 g/mol. The molecule has 2 N–H and O–H groups in total. The van der Waals surface area contributed by atoms with Crippen molar-refractivity contribution in [1.29, 1.82) is 0 Å². The second-order valence-corrected chi connectivity index (χ2v) is 5.04. The molecule has 0 aromatic rings. The smallest absolute Gasteiger partial charge is 0.223 e. The van der Waals surface area contributed by atoms with Crippen molar-refractivity contribution in [1.82, 2.24) is 5.32 Å². The highest BCUT2D eigenvalue weighted by Crippen LogP contribution is 2.28. The molecule has 1 aliphatic rings. The van der Waals surface area contributed by atoms with Gasteiger partial charge < -0.3 is 10.4 Å². The molecule has 0 heterocycles. The Hall–Kier alpha value is -0.570. The fraction of sp³-hybridized carbons (Fsp3) is 0.917. The molecule has 1 amide bonds. The molecule has 1 rings (SSSR count).